The molecule has 1 aromatic carbocycles. The van der Waals surface area contributed by atoms with Gasteiger partial charge in [0.15, 0.2) is 11.3 Å². The Bertz CT molecular complexity index is 1290. The normalized spacial score (nSPS) is 15.1. The topological polar surface area (TPSA) is 90.5 Å². The van der Waals surface area contributed by atoms with Gasteiger partial charge in [-0.1, -0.05) is 5.21 Å². The molecule has 1 atom stereocenters. The quantitative estimate of drug-likeness (QED) is 0.503. The molecule has 1 fully saturated rings. The zero-order valence-corrected chi connectivity index (χ0v) is 16.9. The van der Waals surface area contributed by atoms with Crippen molar-refractivity contribution in [1.29, 1.82) is 0 Å². The summed E-state index contributed by atoms with van der Waals surface area (Å²) < 4.78 is 42.2. The Morgan fingerprint density at radius 2 is 1.94 bits per heavy atom. The second-order valence-corrected chi connectivity index (χ2v) is 7.73. The summed E-state index contributed by atoms with van der Waals surface area (Å²) in [5.41, 5.74) is 1.73. The monoisotopic (exact) mass is 441 g/mol. The lowest BCUT2D eigenvalue weighted by Crippen LogP contribution is -2.24. The number of hydrogen-bond acceptors (Lipinski definition) is 5. The number of benzene rings is 1. The Labute approximate surface area is 180 Å². The molecule has 1 aliphatic carbocycles. The Hall–Kier alpha value is -3.76. The van der Waals surface area contributed by atoms with E-state index < -0.39 is 17.9 Å². The molecule has 0 radical (unpaired) electrons. The van der Waals surface area contributed by atoms with Crippen molar-refractivity contribution in [3.63, 3.8) is 0 Å². The maximum atomic E-state index is 13.1. The molecule has 5 rings (SSSR count). The number of amides is 1. The van der Waals surface area contributed by atoms with E-state index in [0.717, 1.165) is 18.9 Å². The van der Waals surface area contributed by atoms with Gasteiger partial charge >= 0.3 is 6.18 Å². The van der Waals surface area contributed by atoms with Crippen LogP contribution in [0.3, 0.4) is 0 Å². The minimum Gasteiger partial charge on any atom is -0.324 e. The van der Waals surface area contributed by atoms with Gasteiger partial charge in [-0.05, 0) is 62.2 Å². The highest BCUT2D eigenvalue weighted by molar-refractivity contribution is 5.94. The van der Waals surface area contributed by atoms with E-state index in [2.05, 4.69) is 25.7 Å². The van der Waals surface area contributed by atoms with Gasteiger partial charge in [-0.2, -0.15) is 18.3 Å². The number of nitrogens with zero attached hydrogens (tertiary/aromatic N) is 6. The van der Waals surface area contributed by atoms with E-state index in [4.69, 9.17) is 0 Å². The number of anilines is 1. The van der Waals surface area contributed by atoms with Crippen LogP contribution in [0.2, 0.25) is 0 Å². The summed E-state index contributed by atoms with van der Waals surface area (Å²) in [6.07, 6.45) is -1.21. The smallest absolute Gasteiger partial charge is 0.324 e. The Morgan fingerprint density at radius 1 is 1.19 bits per heavy atom. The van der Waals surface area contributed by atoms with Crippen LogP contribution in [0, 0.1) is 0 Å². The van der Waals surface area contributed by atoms with Crippen LogP contribution in [0.25, 0.3) is 16.9 Å². The summed E-state index contributed by atoms with van der Waals surface area (Å²) in [7, 11) is 0. The fraction of sp³-hybridized carbons (Fsp3) is 0.286. The SMILES string of the molecule is CC(C(=O)Nc1ccc(-n2nc(C(F)(F)F)cc2C2CC2)cc1)n1nnc2cccnc21. The van der Waals surface area contributed by atoms with Crippen molar-refractivity contribution in [1.82, 2.24) is 29.8 Å². The van der Waals surface area contributed by atoms with Crippen molar-refractivity contribution in [2.24, 2.45) is 0 Å². The van der Waals surface area contributed by atoms with E-state index in [1.807, 2.05) is 0 Å². The molecule has 1 aliphatic rings. The van der Waals surface area contributed by atoms with Crippen LogP contribution in [0.4, 0.5) is 18.9 Å². The third-order valence-corrected chi connectivity index (χ3v) is 5.38. The van der Waals surface area contributed by atoms with Crippen LogP contribution >= 0.6 is 0 Å². The second kappa shape index (κ2) is 7.43. The zero-order chi connectivity index (χ0) is 22.5. The van der Waals surface area contributed by atoms with E-state index in [1.165, 1.54) is 9.36 Å². The number of pyridine rings is 1. The highest BCUT2D eigenvalue weighted by atomic mass is 19.4. The summed E-state index contributed by atoms with van der Waals surface area (Å²) in [5.74, 6) is -0.239. The van der Waals surface area contributed by atoms with Crippen molar-refractivity contribution in [2.45, 2.75) is 37.9 Å². The van der Waals surface area contributed by atoms with Crippen LogP contribution in [0.15, 0.2) is 48.7 Å². The molecule has 11 heteroatoms. The molecule has 3 heterocycles. The number of nitrogens with one attached hydrogen (secondary N) is 1. The van der Waals surface area contributed by atoms with Crippen molar-refractivity contribution < 1.29 is 18.0 Å². The van der Waals surface area contributed by atoms with E-state index in [9.17, 15) is 18.0 Å². The summed E-state index contributed by atoms with van der Waals surface area (Å²) in [4.78, 5) is 16.9. The minimum atomic E-state index is -4.50. The van der Waals surface area contributed by atoms with Crippen LogP contribution < -0.4 is 5.32 Å². The van der Waals surface area contributed by atoms with Gasteiger partial charge in [-0.3, -0.25) is 4.79 Å². The molecule has 1 saturated carbocycles. The molecule has 4 aromatic rings. The van der Waals surface area contributed by atoms with Gasteiger partial charge in [0.25, 0.3) is 0 Å². The van der Waals surface area contributed by atoms with Crippen molar-refractivity contribution in [3.8, 4) is 5.69 Å². The summed E-state index contributed by atoms with van der Waals surface area (Å²) in [6.45, 7) is 1.68. The average molecular weight is 441 g/mol. The maximum Gasteiger partial charge on any atom is 0.435 e. The van der Waals surface area contributed by atoms with Gasteiger partial charge in [0, 0.05) is 23.5 Å². The molecule has 32 heavy (non-hydrogen) atoms. The number of hydrogen-bond donors (Lipinski definition) is 1. The van der Waals surface area contributed by atoms with Gasteiger partial charge in [0.05, 0.1) is 5.69 Å². The number of aromatic nitrogens is 6. The van der Waals surface area contributed by atoms with Gasteiger partial charge < -0.3 is 5.32 Å². The average Bonchev–Trinajstić information content (AvgIpc) is 3.36. The molecular weight excluding hydrogens is 423 g/mol. The maximum absolute atomic E-state index is 13.1. The Kier molecular flexibility index (Phi) is 4.68. The van der Waals surface area contributed by atoms with E-state index in [1.54, 1.807) is 49.5 Å². The van der Waals surface area contributed by atoms with Gasteiger partial charge in [0.2, 0.25) is 5.91 Å². The van der Waals surface area contributed by atoms with E-state index in [0.29, 0.717) is 28.2 Å². The fourth-order valence-corrected chi connectivity index (χ4v) is 3.50. The number of halogens is 3. The van der Waals surface area contributed by atoms with E-state index >= 15 is 0 Å². The van der Waals surface area contributed by atoms with E-state index in [-0.39, 0.29) is 11.8 Å². The van der Waals surface area contributed by atoms with Crippen LogP contribution in [-0.4, -0.2) is 35.7 Å². The lowest BCUT2D eigenvalue weighted by atomic mass is 10.2. The fourth-order valence-electron chi connectivity index (χ4n) is 3.50. The number of fused-ring (bicyclic) bond motifs is 1. The molecule has 0 aliphatic heterocycles. The molecule has 8 nitrogen and oxygen atoms in total. The molecule has 1 N–H and O–H groups in total. The molecule has 1 unspecified atom stereocenters. The number of rotatable bonds is 5. The summed E-state index contributed by atoms with van der Waals surface area (Å²) in [6, 6.07) is 10.5. The molecule has 0 bridgehead atoms. The molecule has 164 valence electrons. The standard InChI is InChI=1S/C21H18F3N7O/c1-12(30-19-16(27-29-30)3-2-10-25-19)20(32)26-14-6-8-15(9-7-14)31-17(13-4-5-13)11-18(28-31)21(22,23)24/h2-3,6-13H,4-5H2,1H3,(H,26,32). The Morgan fingerprint density at radius 3 is 2.62 bits per heavy atom. The molecule has 0 spiro atoms. The third kappa shape index (κ3) is 3.70. The van der Waals surface area contributed by atoms with Crippen molar-refractivity contribution in [2.75, 3.05) is 5.32 Å². The minimum absolute atomic E-state index is 0.0879. The molecule has 1 amide bonds. The number of carbonyl (C=O) groups excluding carboxylic acids is 1. The van der Waals surface area contributed by atoms with Crippen molar-refractivity contribution >= 4 is 22.8 Å². The summed E-state index contributed by atoms with van der Waals surface area (Å²) >= 11 is 0. The van der Waals surface area contributed by atoms with Crippen molar-refractivity contribution in [3.05, 3.63) is 60.0 Å². The highest BCUT2D eigenvalue weighted by Crippen LogP contribution is 2.43. The number of carbonyl (C=O) groups is 1. The first-order valence-electron chi connectivity index (χ1n) is 10.1. The van der Waals surface area contributed by atoms with Crippen LogP contribution in [-0.2, 0) is 11.0 Å². The Balaban J connectivity index is 1.35. The largest absolute Gasteiger partial charge is 0.435 e. The predicted molar refractivity (Wildman–Crippen MR) is 109 cm³/mol. The predicted octanol–water partition coefficient (Wildman–Crippen LogP) is 4.11. The molecular formula is C21H18F3N7O. The molecule has 3 aromatic heterocycles. The first-order chi connectivity index (χ1) is 15.3. The first-order valence-corrected chi connectivity index (χ1v) is 10.1. The van der Waals surface area contributed by atoms with Gasteiger partial charge in [-0.25, -0.2) is 14.3 Å². The lowest BCUT2D eigenvalue weighted by molar-refractivity contribution is -0.141. The second-order valence-electron chi connectivity index (χ2n) is 7.73. The number of alkyl halides is 3. The summed E-state index contributed by atoms with van der Waals surface area (Å²) in [5, 5.41) is 14.6. The van der Waals surface area contributed by atoms with Gasteiger partial charge in [-0.15, -0.1) is 5.10 Å². The van der Waals surface area contributed by atoms with Crippen LogP contribution in [0.5, 0.6) is 0 Å². The highest BCUT2D eigenvalue weighted by Gasteiger charge is 2.38. The van der Waals surface area contributed by atoms with Gasteiger partial charge in [0.1, 0.15) is 11.6 Å². The first kappa shape index (κ1) is 20.2. The molecule has 0 saturated heterocycles. The lowest BCUT2D eigenvalue weighted by Gasteiger charge is -2.13. The van der Waals surface area contributed by atoms with Crippen LogP contribution in [0.1, 0.15) is 43.1 Å². The zero-order valence-electron chi connectivity index (χ0n) is 16.9. The third-order valence-electron chi connectivity index (χ3n) is 5.38.